The van der Waals surface area contributed by atoms with Crippen molar-refractivity contribution in [2.75, 3.05) is 11.9 Å². The Morgan fingerprint density at radius 3 is 2.16 bits per heavy atom. The summed E-state index contributed by atoms with van der Waals surface area (Å²) in [5, 5.41) is 5.79. The lowest BCUT2D eigenvalue weighted by Crippen LogP contribution is -2.54. The topological polar surface area (TPSA) is 87.7 Å². The second-order valence-corrected chi connectivity index (χ2v) is 11.0. The third kappa shape index (κ3) is 8.34. The number of para-hydroxylation sites is 1. The van der Waals surface area contributed by atoms with E-state index in [4.69, 9.17) is 4.74 Å². The molecule has 0 aromatic heterocycles. The predicted molar refractivity (Wildman–Crippen MR) is 148 cm³/mol. The van der Waals surface area contributed by atoms with Crippen LogP contribution in [0.25, 0.3) is 0 Å². The van der Waals surface area contributed by atoms with Gasteiger partial charge in [0.05, 0.1) is 0 Å². The van der Waals surface area contributed by atoms with Crippen LogP contribution >= 0.6 is 0 Å². The molecule has 0 saturated carbocycles. The lowest BCUT2D eigenvalue weighted by molar-refractivity contribution is -0.141. The highest BCUT2D eigenvalue weighted by atomic mass is 16.6. The number of ether oxygens (including phenoxy) is 1. The average Bonchev–Trinajstić information content (AvgIpc) is 2.78. The van der Waals surface area contributed by atoms with Crippen molar-refractivity contribution in [3.05, 3.63) is 64.7 Å². The van der Waals surface area contributed by atoms with Crippen LogP contribution in [0.3, 0.4) is 0 Å². The first-order valence-corrected chi connectivity index (χ1v) is 13.0. The molecule has 0 aliphatic heterocycles. The van der Waals surface area contributed by atoms with Gasteiger partial charge in [-0.1, -0.05) is 62.7 Å². The number of nitrogens with one attached hydrogen (secondary N) is 2. The first kappa shape index (κ1) is 29.9. The van der Waals surface area contributed by atoms with Crippen LogP contribution in [0.2, 0.25) is 0 Å². The van der Waals surface area contributed by atoms with Gasteiger partial charge in [0.25, 0.3) is 5.91 Å². The minimum atomic E-state index is -0.880. The van der Waals surface area contributed by atoms with E-state index in [2.05, 4.69) is 10.6 Å². The molecule has 2 aromatic rings. The Morgan fingerprint density at radius 1 is 0.973 bits per heavy atom. The number of alkyl carbamates (subject to hydrolysis) is 1. The molecule has 0 saturated heterocycles. The fraction of sp³-hybridized carbons (Fsp3) is 0.500. The summed E-state index contributed by atoms with van der Waals surface area (Å²) >= 11 is 0. The number of hydrogen-bond acceptors (Lipinski definition) is 4. The maximum atomic E-state index is 14.1. The summed E-state index contributed by atoms with van der Waals surface area (Å²) < 4.78 is 5.43. The molecule has 0 bridgehead atoms. The van der Waals surface area contributed by atoms with Gasteiger partial charge in [-0.15, -0.1) is 0 Å². The van der Waals surface area contributed by atoms with E-state index in [1.807, 2.05) is 84.0 Å². The summed E-state index contributed by atoms with van der Waals surface area (Å²) in [5.41, 5.74) is 3.65. The predicted octanol–water partition coefficient (Wildman–Crippen LogP) is 6.08. The Morgan fingerprint density at radius 2 is 1.62 bits per heavy atom. The molecule has 2 unspecified atom stereocenters. The van der Waals surface area contributed by atoms with Crippen molar-refractivity contribution in [3.63, 3.8) is 0 Å². The molecule has 0 aliphatic rings. The van der Waals surface area contributed by atoms with Gasteiger partial charge < -0.3 is 20.3 Å². The zero-order valence-corrected chi connectivity index (χ0v) is 23.8. The van der Waals surface area contributed by atoms with Gasteiger partial charge in [-0.05, 0) is 76.6 Å². The molecule has 0 aliphatic carbocycles. The van der Waals surface area contributed by atoms with E-state index in [9.17, 15) is 14.4 Å². The molecule has 0 fully saturated rings. The number of aryl methyl sites for hydroxylation is 3. The second kappa shape index (κ2) is 12.7. The molecular formula is C30H43N3O4. The highest BCUT2D eigenvalue weighted by molar-refractivity contribution is 5.99. The number of carbonyl (C=O) groups excluding carboxylic acids is 3. The smallest absolute Gasteiger partial charge is 0.408 e. The van der Waals surface area contributed by atoms with Gasteiger partial charge in [-0.3, -0.25) is 9.59 Å². The fourth-order valence-electron chi connectivity index (χ4n) is 4.23. The third-order valence-electron chi connectivity index (χ3n) is 6.04. The van der Waals surface area contributed by atoms with Crippen molar-refractivity contribution in [2.24, 2.45) is 5.92 Å². The van der Waals surface area contributed by atoms with Crippen molar-refractivity contribution in [1.29, 1.82) is 0 Å². The zero-order chi connectivity index (χ0) is 27.9. The van der Waals surface area contributed by atoms with E-state index in [0.29, 0.717) is 18.7 Å². The molecule has 2 rings (SSSR count). The van der Waals surface area contributed by atoms with E-state index >= 15 is 0 Å². The summed E-state index contributed by atoms with van der Waals surface area (Å²) in [6.07, 6.45) is -0.0226. The van der Waals surface area contributed by atoms with Crippen LogP contribution in [0.5, 0.6) is 0 Å². The quantitative estimate of drug-likeness (QED) is 0.429. The minimum Gasteiger partial charge on any atom is -0.444 e. The second-order valence-electron chi connectivity index (χ2n) is 11.0. The standard InChI is InChI=1S/C30H43N3O4/c1-10-17-33(28(35)25(19(2)3)32-29(36)37-30(7,8)9)26(23-16-15-20(4)18-22(23)6)27(34)31-24-14-12-11-13-21(24)5/h11-16,18-19,25-26H,10,17H2,1-9H3,(H,31,34)(H,32,36). The minimum absolute atomic E-state index is 0.224. The Labute approximate surface area is 222 Å². The van der Waals surface area contributed by atoms with Crippen LogP contribution in [0.1, 0.15) is 76.3 Å². The Balaban J connectivity index is 2.54. The zero-order valence-electron chi connectivity index (χ0n) is 23.8. The molecule has 37 heavy (non-hydrogen) atoms. The third-order valence-corrected chi connectivity index (χ3v) is 6.04. The Bertz CT molecular complexity index is 1100. The summed E-state index contributed by atoms with van der Waals surface area (Å²) in [4.78, 5) is 42.2. The van der Waals surface area contributed by atoms with Gasteiger partial charge in [-0.2, -0.15) is 0 Å². The lowest BCUT2D eigenvalue weighted by Gasteiger charge is -2.36. The summed E-state index contributed by atoms with van der Waals surface area (Å²) in [6.45, 7) is 17.2. The van der Waals surface area contributed by atoms with Gasteiger partial charge in [0.1, 0.15) is 17.7 Å². The molecular weight excluding hydrogens is 466 g/mol. The van der Waals surface area contributed by atoms with E-state index < -0.39 is 23.8 Å². The Hall–Kier alpha value is -3.35. The van der Waals surface area contributed by atoms with E-state index in [1.54, 1.807) is 25.7 Å². The largest absolute Gasteiger partial charge is 0.444 e. The summed E-state index contributed by atoms with van der Waals surface area (Å²) in [7, 11) is 0. The number of benzene rings is 2. The van der Waals surface area contributed by atoms with Gasteiger partial charge in [0.15, 0.2) is 0 Å². The molecule has 2 atom stereocenters. The molecule has 7 heteroatoms. The lowest BCUT2D eigenvalue weighted by atomic mass is 9.95. The first-order valence-electron chi connectivity index (χ1n) is 13.0. The number of rotatable bonds is 9. The monoisotopic (exact) mass is 509 g/mol. The van der Waals surface area contributed by atoms with Crippen LogP contribution in [0, 0.1) is 26.7 Å². The molecule has 0 spiro atoms. The van der Waals surface area contributed by atoms with Crippen LogP contribution in [0.15, 0.2) is 42.5 Å². The average molecular weight is 510 g/mol. The first-order chi connectivity index (χ1) is 17.2. The van der Waals surface area contributed by atoms with Crippen LogP contribution < -0.4 is 10.6 Å². The van der Waals surface area contributed by atoms with Crippen LogP contribution in [-0.4, -0.2) is 41.0 Å². The van der Waals surface area contributed by atoms with Crippen molar-refractivity contribution in [2.45, 2.75) is 86.4 Å². The molecule has 2 N–H and O–H groups in total. The summed E-state index contributed by atoms with van der Waals surface area (Å²) in [6, 6.07) is 11.7. The van der Waals surface area contributed by atoms with E-state index in [1.165, 1.54) is 0 Å². The Kier molecular flexibility index (Phi) is 10.3. The molecule has 0 heterocycles. The number of amides is 3. The maximum Gasteiger partial charge on any atom is 0.408 e. The number of carbonyl (C=O) groups is 3. The number of hydrogen-bond donors (Lipinski definition) is 2. The highest BCUT2D eigenvalue weighted by Gasteiger charge is 2.37. The number of anilines is 1. The highest BCUT2D eigenvalue weighted by Crippen LogP contribution is 2.29. The van der Waals surface area contributed by atoms with Gasteiger partial charge in [-0.25, -0.2) is 4.79 Å². The summed E-state index contributed by atoms with van der Waals surface area (Å²) in [5.74, 6) is -0.853. The van der Waals surface area contributed by atoms with Crippen molar-refractivity contribution >= 4 is 23.6 Å². The van der Waals surface area contributed by atoms with Crippen molar-refractivity contribution in [1.82, 2.24) is 10.2 Å². The van der Waals surface area contributed by atoms with Crippen LogP contribution in [0.4, 0.5) is 10.5 Å². The van der Waals surface area contributed by atoms with Crippen molar-refractivity contribution < 1.29 is 19.1 Å². The van der Waals surface area contributed by atoms with Gasteiger partial charge in [0.2, 0.25) is 5.91 Å². The van der Waals surface area contributed by atoms with Crippen LogP contribution in [-0.2, 0) is 14.3 Å². The SMILES string of the molecule is CCCN(C(=O)C(NC(=O)OC(C)(C)C)C(C)C)C(C(=O)Nc1ccccc1C)c1ccc(C)cc1C. The van der Waals surface area contributed by atoms with Gasteiger partial charge in [0, 0.05) is 12.2 Å². The molecule has 202 valence electrons. The normalized spacial score (nSPS) is 13.0. The molecule has 7 nitrogen and oxygen atoms in total. The van der Waals surface area contributed by atoms with E-state index in [-0.39, 0.29) is 17.7 Å². The van der Waals surface area contributed by atoms with Gasteiger partial charge >= 0.3 is 6.09 Å². The number of nitrogens with zero attached hydrogens (tertiary/aromatic N) is 1. The molecule has 0 radical (unpaired) electrons. The van der Waals surface area contributed by atoms with E-state index in [0.717, 1.165) is 22.3 Å². The maximum absolute atomic E-state index is 14.1. The fourth-order valence-corrected chi connectivity index (χ4v) is 4.23. The van der Waals surface area contributed by atoms with Crippen molar-refractivity contribution in [3.8, 4) is 0 Å². The molecule has 3 amide bonds. The molecule has 2 aromatic carbocycles.